The molecule has 3 N–H and O–H groups in total. The number of nitrogens with one attached hydrogen (secondary N) is 2. The molecule has 0 radical (unpaired) electrons. The van der Waals surface area contributed by atoms with E-state index in [0.29, 0.717) is 41.3 Å². The molecule has 1 amide bonds. The van der Waals surface area contributed by atoms with Gasteiger partial charge in [-0.05, 0) is 70.5 Å². The molecule has 2 heterocycles. The molecule has 4 aromatic rings. The zero-order chi connectivity index (χ0) is 38.2. The van der Waals surface area contributed by atoms with Crippen molar-refractivity contribution in [2.45, 2.75) is 63.6 Å². The molecular weight excluding hydrogens is 720 g/mol. The first-order valence-corrected chi connectivity index (χ1v) is 18.0. The third-order valence-electron chi connectivity index (χ3n) is 10.2. The van der Waals surface area contributed by atoms with Crippen LogP contribution < -0.4 is 20.3 Å². The third kappa shape index (κ3) is 7.58. The molecular formula is C41H42Cl2FN3O6. The number of carboxylic acid groups (broad SMARTS) is 1. The lowest BCUT2D eigenvalue weighted by Gasteiger charge is -2.40. The summed E-state index contributed by atoms with van der Waals surface area (Å²) in [5, 5.41) is 16.4. The second kappa shape index (κ2) is 15.0. The van der Waals surface area contributed by atoms with E-state index in [0.717, 1.165) is 16.8 Å². The van der Waals surface area contributed by atoms with Gasteiger partial charge in [-0.1, -0.05) is 86.4 Å². The van der Waals surface area contributed by atoms with Gasteiger partial charge in [-0.2, -0.15) is 0 Å². The van der Waals surface area contributed by atoms with Gasteiger partial charge in [-0.25, -0.2) is 9.18 Å². The highest BCUT2D eigenvalue weighted by Crippen LogP contribution is 2.58. The van der Waals surface area contributed by atoms with Gasteiger partial charge in [0.1, 0.15) is 11.6 Å². The summed E-state index contributed by atoms with van der Waals surface area (Å²) in [5.41, 5.74) is 3.24. The van der Waals surface area contributed by atoms with Gasteiger partial charge in [-0.3, -0.25) is 9.59 Å². The van der Waals surface area contributed by atoms with Crippen LogP contribution in [0.25, 0.3) is 0 Å². The Morgan fingerprint density at radius 3 is 2.38 bits per heavy atom. The minimum Gasteiger partial charge on any atom is -0.495 e. The van der Waals surface area contributed by atoms with E-state index in [1.807, 2.05) is 42.5 Å². The lowest BCUT2D eigenvalue weighted by atomic mass is 9.63. The topological polar surface area (TPSA) is 117 Å². The molecule has 0 bridgehead atoms. The number of carboxylic acids is 1. The molecule has 1 spiro atoms. The average molecular weight is 763 g/mol. The summed E-state index contributed by atoms with van der Waals surface area (Å²) in [6, 6.07) is 21.4. The predicted molar refractivity (Wildman–Crippen MR) is 204 cm³/mol. The van der Waals surface area contributed by atoms with Gasteiger partial charge in [0.05, 0.1) is 43.0 Å². The van der Waals surface area contributed by atoms with Gasteiger partial charge in [0.15, 0.2) is 0 Å². The van der Waals surface area contributed by atoms with Crippen LogP contribution >= 0.6 is 23.2 Å². The Hall–Kier alpha value is -4.64. The van der Waals surface area contributed by atoms with E-state index in [2.05, 4.69) is 36.3 Å². The molecule has 4 atom stereocenters. The zero-order valence-corrected chi connectivity index (χ0v) is 31.6. The largest absolute Gasteiger partial charge is 0.495 e. The summed E-state index contributed by atoms with van der Waals surface area (Å²) in [4.78, 5) is 40.4. The van der Waals surface area contributed by atoms with E-state index >= 15 is 4.39 Å². The average Bonchev–Trinajstić information content (AvgIpc) is 3.59. The number of esters is 1. The fourth-order valence-electron chi connectivity index (χ4n) is 8.03. The number of ether oxygens (including phenoxy) is 2. The molecule has 278 valence electrons. The normalized spacial score (nSPS) is 20.7. The number of benzene rings is 4. The molecule has 0 aromatic heterocycles. The Morgan fingerprint density at radius 1 is 1.00 bits per heavy atom. The quantitative estimate of drug-likeness (QED) is 0.139. The van der Waals surface area contributed by atoms with Gasteiger partial charge in [0.2, 0.25) is 5.91 Å². The van der Waals surface area contributed by atoms with Crippen LogP contribution in [-0.4, -0.2) is 55.8 Å². The number of carbonyl (C=O) groups is 3. The highest BCUT2D eigenvalue weighted by Gasteiger charge is 2.63. The molecule has 12 heteroatoms. The smallest absolute Gasteiger partial charge is 0.337 e. The van der Waals surface area contributed by atoms with Gasteiger partial charge < -0.3 is 30.1 Å². The van der Waals surface area contributed by atoms with Crippen molar-refractivity contribution in [1.82, 2.24) is 5.32 Å². The molecule has 1 saturated heterocycles. The second-order valence-corrected chi connectivity index (χ2v) is 15.8. The SMILES string of the molecule is COC(=O)c1ccc(NC(=O)[C@@H]2N[C@@H](CC(C)(C)C)[C@@]3(CN(Cc4ccc(CC(=O)O)cc4)c4cc(Cl)ccc43)[C@H]2c2cccc(Cl)c2F)c(OC)c1. The minimum atomic E-state index is -0.945. The molecule has 2 aliphatic heterocycles. The highest BCUT2D eigenvalue weighted by molar-refractivity contribution is 6.31. The Morgan fingerprint density at radius 2 is 1.72 bits per heavy atom. The van der Waals surface area contributed by atoms with Crippen molar-refractivity contribution in [3.05, 3.63) is 123 Å². The van der Waals surface area contributed by atoms with Gasteiger partial charge in [0, 0.05) is 41.2 Å². The van der Waals surface area contributed by atoms with E-state index in [-0.39, 0.29) is 34.2 Å². The maximum absolute atomic E-state index is 16.5. The molecule has 6 rings (SSSR count). The van der Waals surface area contributed by atoms with E-state index in [1.54, 1.807) is 18.2 Å². The third-order valence-corrected chi connectivity index (χ3v) is 10.7. The second-order valence-electron chi connectivity index (χ2n) is 14.9. The number of anilines is 2. The zero-order valence-electron chi connectivity index (χ0n) is 30.1. The molecule has 4 aromatic carbocycles. The Kier molecular flexibility index (Phi) is 10.8. The van der Waals surface area contributed by atoms with Crippen LogP contribution in [0.1, 0.15) is 65.7 Å². The van der Waals surface area contributed by atoms with Crippen molar-refractivity contribution in [2.75, 3.05) is 31.0 Å². The summed E-state index contributed by atoms with van der Waals surface area (Å²) in [6.45, 7) is 7.26. The molecule has 2 aliphatic rings. The first-order chi connectivity index (χ1) is 25.1. The van der Waals surface area contributed by atoms with Crippen molar-refractivity contribution in [2.24, 2.45) is 5.41 Å². The van der Waals surface area contributed by atoms with Crippen LogP contribution in [0.4, 0.5) is 15.8 Å². The predicted octanol–water partition coefficient (Wildman–Crippen LogP) is 8.01. The number of hydrogen-bond donors (Lipinski definition) is 3. The lowest BCUT2D eigenvalue weighted by molar-refractivity contribution is -0.136. The molecule has 0 saturated carbocycles. The summed E-state index contributed by atoms with van der Waals surface area (Å²) in [5.74, 6) is -2.97. The maximum Gasteiger partial charge on any atom is 0.337 e. The Labute approximate surface area is 318 Å². The number of aliphatic carboxylic acids is 1. The molecule has 0 aliphatic carbocycles. The maximum atomic E-state index is 16.5. The molecule has 1 fully saturated rings. The van der Waals surface area contributed by atoms with Gasteiger partial charge in [0.25, 0.3) is 0 Å². The first-order valence-electron chi connectivity index (χ1n) is 17.3. The number of fused-ring (bicyclic) bond motifs is 2. The van der Waals surface area contributed by atoms with E-state index in [4.69, 9.17) is 32.7 Å². The minimum absolute atomic E-state index is 0.0521. The number of hydrogen-bond acceptors (Lipinski definition) is 7. The summed E-state index contributed by atoms with van der Waals surface area (Å²) in [7, 11) is 2.72. The van der Waals surface area contributed by atoms with Crippen molar-refractivity contribution >= 4 is 52.4 Å². The van der Waals surface area contributed by atoms with Gasteiger partial charge >= 0.3 is 11.9 Å². The van der Waals surface area contributed by atoms with Crippen LogP contribution in [0.15, 0.2) is 78.9 Å². The van der Waals surface area contributed by atoms with Gasteiger partial charge in [-0.15, -0.1) is 0 Å². The molecule has 0 unspecified atom stereocenters. The van der Waals surface area contributed by atoms with E-state index < -0.39 is 41.0 Å². The van der Waals surface area contributed by atoms with Crippen LogP contribution in [0.3, 0.4) is 0 Å². The van der Waals surface area contributed by atoms with Crippen molar-refractivity contribution < 1.29 is 33.4 Å². The first kappa shape index (κ1) is 38.1. The van der Waals surface area contributed by atoms with E-state index in [1.165, 1.54) is 32.4 Å². The van der Waals surface area contributed by atoms with Crippen molar-refractivity contribution in [3.63, 3.8) is 0 Å². The summed E-state index contributed by atoms with van der Waals surface area (Å²) >= 11 is 13.1. The number of nitrogens with zero attached hydrogens (tertiary/aromatic N) is 1. The lowest BCUT2D eigenvalue weighted by Crippen LogP contribution is -2.48. The van der Waals surface area contributed by atoms with Crippen molar-refractivity contribution in [1.29, 1.82) is 0 Å². The fourth-order valence-corrected chi connectivity index (χ4v) is 8.38. The van der Waals surface area contributed by atoms with Crippen LogP contribution in [-0.2, 0) is 32.7 Å². The summed E-state index contributed by atoms with van der Waals surface area (Å²) < 4.78 is 26.9. The highest BCUT2D eigenvalue weighted by atomic mass is 35.5. The Bertz CT molecular complexity index is 2050. The van der Waals surface area contributed by atoms with Crippen molar-refractivity contribution in [3.8, 4) is 5.75 Å². The standard InChI is InChI=1S/C41H42Cl2FN3O6/c1-40(2,3)20-33-41(22-47(31-19-26(42)14-15-28(31)41)21-24-11-9-23(10-12-24)17-34(48)49)35(27-7-6-8-29(43)36(27)44)37(46-33)38(50)45-30-16-13-25(39(51)53-5)18-32(30)52-4/h6-16,18-19,33,35,37,46H,17,20-22H2,1-5H3,(H,45,50)(H,48,49)/t33-,35-,37+,41-/m0/s1. The summed E-state index contributed by atoms with van der Waals surface area (Å²) in [6.07, 6.45) is 0.551. The van der Waals surface area contributed by atoms with Crippen LogP contribution in [0.5, 0.6) is 5.75 Å². The number of rotatable bonds is 10. The van der Waals surface area contributed by atoms with Crippen LogP contribution in [0.2, 0.25) is 10.0 Å². The van der Waals surface area contributed by atoms with E-state index in [9.17, 15) is 19.5 Å². The fraction of sp³-hybridized carbons (Fsp3) is 0.341. The van der Waals surface area contributed by atoms with Crippen LogP contribution in [0, 0.1) is 11.2 Å². The number of methoxy groups -OCH3 is 2. The monoisotopic (exact) mass is 761 g/mol. The number of amides is 1. The molecule has 9 nitrogen and oxygen atoms in total. The molecule has 53 heavy (non-hydrogen) atoms. The number of halogens is 3. The number of carbonyl (C=O) groups excluding carboxylic acids is 2. The Balaban J connectivity index is 1.49.